The van der Waals surface area contributed by atoms with Crippen molar-refractivity contribution in [2.75, 3.05) is 0 Å². The first-order valence-corrected chi connectivity index (χ1v) is 5.91. The van der Waals surface area contributed by atoms with E-state index in [0.717, 1.165) is 21.6 Å². The first-order chi connectivity index (χ1) is 7.61. The molecule has 2 aromatic rings. The molecule has 0 aliphatic carbocycles. The van der Waals surface area contributed by atoms with Gasteiger partial charge in [0.2, 0.25) is 0 Å². The maximum absolute atomic E-state index is 4.55. The van der Waals surface area contributed by atoms with Gasteiger partial charge in [0.05, 0.1) is 16.4 Å². The molecule has 0 spiro atoms. The molecule has 0 aromatic carbocycles. The summed E-state index contributed by atoms with van der Waals surface area (Å²) in [5.41, 5.74) is 2.74. The van der Waals surface area contributed by atoms with Crippen molar-refractivity contribution in [2.45, 2.75) is 26.8 Å². The number of rotatable bonds is 2. The Kier molecular flexibility index (Phi) is 3.05. The van der Waals surface area contributed by atoms with Crippen LogP contribution in [-0.4, -0.2) is 19.7 Å². The summed E-state index contributed by atoms with van der Waals surface area (Å²) in [6.07, 6.45) is 5.05. The van der Waals surface area contributed by atoms with Crippen LogP contribution in [0.25, 0.3) is 11.4 Å². The smallest absolute Gasteiger partial charge is 0.127 e. The van der Waals surface area contributed by atoms with E-state index in [0.29, 0.717) is 6.04 Å². The zero-order valence-electron chi connectivity index (χ0n) is 9.48. The highest BCUT2D eigenvalue weighted by atomic mass is 79.9. The predicted molar refractivity (Wildman–Crippen MR) is 66.1 cm³/mol. The first kappa shape index (κ1) is 11.3. The second-order valence-electron chi connectivity index (χ2n) is 3.88. The Labute approximate surface area is 103 Å². The van der Waals surface area contributed by atoms with E-state index in [9.17, 15) is 0 Å². The predicted octanol–water partition coefficient (Wildman–Crippen LogP) is 2.99. The van der Waals surface area contributed by atoms with E-state index in [1.807, 2.05) is 11.6 Å². The van der Waals surface area contributed by atoms with Gasteiger partial charge in [0.15, 0.2) is 0 Å². The molecule has 2 rings (SSSR count). The quantitative estimate of drug-likeness (QED) is 0.850. The molecule has 0 atom stereocenters. The molecule has 16 heavy (non-hydrogen) atoms. The Bertz CT molecular complexity index is 490. The van der Waals surface area contributed by atoms with Crippen LogP contribution in [-0.2, 0) is 0 Å². The van der Waals surface area contributed by atoms with Crippen LogP contribution < -0.4 is 0 Å². The third kappa shape index (κ3) is 1.87. The lowest BCUT2D eigenvalue weighted by Gasteiger charge is -2.06. The monoisotopic (exact) mass is 280 g/mol. The molecule has 0 radical (unpaired) electrons. The molecule has 0 saturated heterocycles. The van der Waals surface area contributed by atoms with Crippen LogP contribution >= 0.6 is 15.9 Å². The van der Waals surface area contributed by atoms with Crippen molar-refractivity contribution in [1.29, 1.82) is 0 Å². The molecular formula is C11H13BrN4. The zero-order chi connectivity index (χ0) is 11.7. The molecule has 0 saturated carbocycles. The summed E-state index contributed by atoms with van der Waals surface area (Å²) in [5, 5.41) is 4.55. The number of nitrogens with zero attached hydrogens (tertiary/aromatic N) is 4. The van der Waals surface area contributed by atoms with Crippen LogP contribution in [0.3, 0.4) is 0 Å². The average molecular weight is 281 g/mol. The van der Waals surface area contributed by atoms with Crippen molar-refractivity contribution in [3.8, 4) is 11.4 Å². The van der Waals surface area contributed by atoms with Crippen molar-refractivity contribution >= 4 is 15.9 Å². The minimum absolute atomic E-state index is 0.335. The van der Waals surface area contributed by atoms with Gasteiger partial charge in [-0.1, -0.05) is 0 Å². The fourth-order valence-corrected chi connectivity index (χ4v) is 2.05. The Hall–Kier alpha value is -1.23. The number of halogens is 1. The van der Waals surface area contributed by atoms with E-state index in [-0.39, 0.29) is 0 Å². The summed E-state index contributed by atoms with van der Waals surface area (Å²) in [6, 6.07) is 0.335. The van der Waals surface area contributed by atoms with Crippen LogP contribution in [0.1, 0.15) is 25.6 Å². The fourth-order valence-electron chi connectivity index (χ4n) is 1.59. The van der Waals surface area contributed by atoms with Gasteiger partial charge >= 0.3 is 0 Å². The van der Waals surface area contributed by atoms with Gasteiger partial charge in [0.25, 0.3) is 0 Å². The molecule has 2 aromatic heterocycles. The van der Waals surface area contributed by atoms with Crippen LogP contribution in [0.5, 0.6) is 0 Å². The molecule has 0 fully saturated rings. The van der Waals surface area contributed by atoms with Crippen molar-refractivity contribution in [3.05, 3.63) is 28.8 Å². The van der Waals surface area contributed by atoms with Crippen molar-refractivity contribution < 1.29 is 0 Å². The molecule has 0 unspecified atom stereocenters. The van der Waals surface area contributed by atoms with Gasteiger partial charge in [0, 0.05) is 18.4 Å². The Morgan fingerprint density at radius 2 is 2.06 bits per heavy atom. The third-order valence-corrected chi connectivity index (χ3v) is 3.32. The molecule has 84 valence electrons. The molecule has 4 nitrogen and oxygen atoms in total. The van der Waals surface area contributed by atoms with Crippen molar-refractivity contribution in [2.24, 2.45) is 0 Å². The van der Waals surface area contributed by atoms with Crippen LogP contribution in [0.4, 0.5) is 0 Å². The summed E-state index contributed by atoms with van der Waals surface area (Å²) in [5.74, 6) is 0. The highest BCUT2D eigenvalue weighted by Crippen LogP contribution is 2.29. The summed E-state index contributed by atoms with van der Waals surface area (Å²) in [6.45, 7) is 6.25. The van der Waals surface area contributed by atoms with Gasteiger partial charge in [-0.2, -0.15) is 5.10 Å². The third-order valence-electron chi connectivity index (χ3n) is 2.37. The van der Waals surface area contributed by atoms with Crippen LogP contribution in [0, 0.1) is 6.92 Å². The Balaban J connectivity index is 2.55. The standard InChI is InChI=1S/C11H13BrN4/c1-7(2)16-8(3)10(12)11(15-16)9-6-13-4-5-14-9/h4-7H,1-3H3. The van der Waals surface area contributed by atoms with Gasteiger partial charge in [-0.05, 0) is 36.7 Å². The topological polar surface area (TPSA) is 43.6 Å². The van der Waals surface area contributed by atoms with Crippen LogP contribution in [0.2, 0.25) is 0 Å². The summed E-state index contributed by atoms with van der Waals surface area (Å²) in [4.78, 5) is 8.31. The lowest BCUT2D eigenvalue weighted by atomic mass is 10.3. The second-order valence-corrected chi connectivity index (χ2v) is 4.67. The van der Waals surface area contributed by atoms with E-state index in [2.05, 4.69) is 44.8 Å². The number of hydrogen-bond donors (Lipinski definition) is 0. The summed E-state index contributed by atoms with van der Waals surface area (Å²) < 4.78 is 2.97. The summed E-state index contributed by atoms with van der Waals surface area (Å²) in [7, 11) is 0. The van der Waals surface area contributed by atoms with E-state index >= 15 is 0 Å². The van der Waals surface area contributed by atoms with Crippen LogP contribution in [0.15, 0.2) is 23.1 Å². The van der Waals surface area contributed by atoms with Gasteiger partial charge in [0.1, 0.15) is 11.4 Å². The van der Waals surface area contributed by atoms with E-state index in [1.165, 1.54) is 0 Å². The maximum atomic E-state index is 4.55. The summed E-state index contributed by atoms with van der Waals surface area (Å²) >= 11 is 3.55. The largest absolute Gasteiger partial charge is 0.266 e. The highest BCUT2D eigenvalue weighted by molar-refractivity contribution is 9.10. The zero-order valence-corrected chi connectivity index (χ0v) is 11.1. The highest BCUT2D eigenvalue weighted by Gasteiger charge is 2.16. The lowest BCUT2D eigenvalue weighted by molar-refractivity contribution is 0.520. The van der Waals surface area contributed by atoms with Gasteiger partial charge in [-0.25, -0.2) is 0 Å². The molecule has 0 N–H and O–H groups in total. The molecule has 2 heterocycles. The molecule has 5 heteroatoms. The fraction of sp³-hybridized carbons (Fsp3) is 0.364. The second kappa shape index (κ2) is 4.33. The Morgan fingerprint density at radius 1 is 1.31 bits per heavy atom. The van der Waals surface area contributed by atoms with E-state index < -0.39 is 0 Å². The molecule has 0 aliphatic rings. The van der Waals surface area contributed by atoms with Gasteiger partial charge < -0.3 is 0 Å². The first-order valence-electron chi connectivity index (χ1n) is 5.12. The van der Waals surface area contributed by atoms with E-state index in [1.54, 1.807) is 18.6 Å². The molecule has 0 aliphatic heterocycles. The van der Waals surface area contributed by atoms with Crippen molar-refractivity contribution in [3.63, 3.8) is 0 Å². The number of aromatic nitrogens is 4. The maximum Gasteiger partial charge on any atom is 0.127 e. The Morgan fingerprint density at radius 3 is 2.56 bits per heavy atom. The van der Waals surface area contributed by atoms with E-state index in [4.69, 9.17) is 0 Å². The van der Waals surface area contributed by atoms with Gasteiger partial charge in [-0.3, -0.25) is 14.6 Å². The molecular weight excluding hydrogens is 268 g/mol. The van der Waals surface area contributed by atoms with Crippen molar-refractivity contribution in [1.82, 2.24) is 19.7 Å². The minimum Gasteiger partial charge on any atom is -0.266 e. The molecule has 0 amide bonds. The SMILES string of the molecule is Cc1c(Br)c(-c2cnccn2)nn1C(C)C. The normalized spacial score (nSPS) is 11.1. The minimum atomic E-state index is 0.335. The molecule has 0 bridgehead atoms. The van der Waals surface area contributed by atoms with Gasteiger partial charge in [-0.15, -0.1) is 0 Å². The number of hydrogen-bond acceptors (Lipinski definition) is 3. The lowest BCUT2D eigenvalue weighted by Crippen LogP contribution is -2.04. The average Bonchev–Trinajstić information content (AvgIpc) is 2.58.